The van der Waals surface area contributed by atoms with Crippen LogP contribution in [-0.2, 0) is 0 Å². The zero-order valence-electron chi connectivity index (χ0n) is 15.6. The van der Waals surface area contributed by atoms with Gasteiger partial charge in [0.2, 0.25) is 0 Å². The summed E-state index contributed by atoms with van der Waals surface area (Å²) in [5.41, 5.74) is 9.29. The van der Waals surface area contributed by atoms with Crippen LogP contribution in [0.15, 0.2) is 54.6 Å². The summed E-state index contributed by atoms with van der Waals surface area (Å²) < 4.78 is 1.67. The number of carbonyl (C=O) groups is 1. The quantitative estimate of drug-likeness (QED) is 0.706. The molecule has 0 radical (unpaired) electrons. The normalized spacial score (nSPS) is 11.0. The molecule has 27 heavy (non-hydrogen) atoms. The largest absolute Gasteiger partial charge is 0.344 e. The van der Waals surface area contributed by atoms with E-state index in [-0.39, 0.29) is 18.3 Å². The lowest BCUT2D eigenvalue weighted by atomic mass is 10.1. The van der Waals surface area contributed by atoms with Gasteiger partial charge in [-0.05, 0) is 44.0 Å². The first-order chi connectivity index (χ1) is 12.4. The summed E-state index contributed by atoms with van der Waals surface area (Å²) >= 11 is 0. The molecule has 1 amide bonds. The molecule has 6 nitrogen and oxygen atoms in total. The Hall–Kier alpha value is -2.70. The maximum Gasteiger partial charge on any atom is 0.274 e. The Morgan fingerprint density at radius 2 is 1.67 bits per heavy atom. The first kappa shape index (κ1) is 20.6. The Kier molecular flexibility index (Phi) is 6.36. The molecule has 1 aromatic heterocycles. The molecule has 0 spiro atoms. The highest BCUT2D eigenvalue weighted by atomic mass is 35.5. The van der Waals surface area contributed by atoms with E-state index in [0.717, 1.165) is 16.8 Å². The minimum atomic E-state index is -0.495. The van der Waals surface area contributed by atoms with Crippen LogP contribution in [0.2, 0.25) is 0 Å². The van der Waals surface area contributed by atoms with Gasteiger partial charge >= 0.3 is 0 Å². The van der Waals surface area contributed by atoms with Gasteiger partial charge in [0, 0.05) is 12.1 Å². The monoisotopic (exact) mass is 385 g/mol. The molecule has 0 aliphatic rings. The van der Waals surface area contributed by atoms with Crippen LogP contribution in [0.5, 0.6) is 0 Å². The molecule has 0 aliphatic heterocycles. The Morgan fingerprint density at radius 3 is 2.26 bits per heavy atom. The number of nitrogens with two attached hydrogens (primary N) is 1. The number of hydrogen-bond donors (Lipinski definition) is 2. The SMILES string of the molecule is Cc1c(C(=O)NC(C)(C)CN)nnn1-c1ccc(-c2ccccc2)cc1.Cl. The molecule has 0 bridgehead atoms. The molecule has 0 unspecified atom stereocenters. The van der Waals surface area contributed by atoms with Crippen molar-refractivity contribution in [2.24, 2.45) is 5.73 Å². The summed E-state index contributed by atoms with van der Waals surface area (Å²) in [6.45, 7) is 5.91. The molecule has 3 N–H and O–H groups in total. The van der Waals surface area contributed by atoms with Crippen LogP contribution in [0, 0.1) is 6.92 Å². The zero-order valence-corrected chi connectivity index (χ0v) is 16.5. The number of nitrogens with zero attached hydrogens (tertiary/aromatic N) is 3. The highest BCUT2D eigenvalue weighted by Gasteiger charge is 2.23. The van der Waals surface area contributed by atoms with E-state index in [4.69, 9.17) is 5.73 Å². The van der Waals surface area contributed by atoms with Crippen LogP contribution in [0.3, 0.4) is 0 Å². The van der Waals surface area contributed by atoms with Gasteiger partial charge in [0.1, 0.15) is 0 Å². The van der Waals surface area contributed by atoms with Crippen LogP contribution in [0.1, 0.15) is 30.0 Å². The second-order valence-electron chi connectivity index (χ2n) is 6.89. The first-order valence-corrected chi connectivity index (χ1v) is 8.52. The van der Waals surface area contributed by atoms with Crippen molar-refractivity contribution >= 4 is 18.3 Å². The lowest BCUT2D eigenvalue weighted by molar-refractivity contribution is 0.0910. The third kappa shape index (κ3) is 4.53. The fourth-order valence-electron chi connectivity index (χ4n) is 2.63. The number of halogens is 1. The Bertz CT molecular complexity index is 904. The summed E-state index contributed by atoms with van der Waals surface area (Å²) in [5, 5.41) is 11.1. The number of carbonyl (C=O) groups excluding carboxylic acids is 1. The molecular formula is C20H24ClN5O. The molecule has 142 valence electrons. The molecule has 0 fully saturated rings. The van der Waals surface area contributed by atoms with Gasteiger partial charge in [0.15, 0.2) is 5.69 Å². The van der Waals surface area contributed by atoms with Crippen molar-refractivity contribution in [1.29, 1.82) is 0 Å². The maximum absolute atomic E-state index is 12.4. The van der Waals surface area contributed by atoms with E-state index in [9.17, 15) is 4.79 Å². The van der Waals surface area contributed by atoms with Crippen molar-refractivity contribution in [3.63, 3.8) is 0 Å². The van der Waals surface area contributed by atoms with Gasteiger partial charge in [-0.3, -0.25) is 4.79 Å². The lowest BCUT2D eigenvalue weighted by Gasteiger charge is -2.23. The maximum atomic E-state index is 12.4. The van der Waals surface area contributed by atoms with Crippen molar-refractivity contribution < 1.29 is 4.79 Å². The van der Waals surface area contributed by atoms with Crippen LogP contribution < -0.4 is 11.1 Å². The summed E-state index contributed by atoms with van der Waals surface area (Å²) in [7, 11) is 0. The molecule has 2 aromatic carbocycles. The topological polar surface area (TPSA) is 85.8 Å². The highest BCUT2D eigenvalue weighted by Crippen LogP contribution is 2.21. The third-order valence-corrected chi connectivity index (χ3v) is 4.29. The molecule has 0 saturated carbocycles. The average molecular weight is 386 g/mol. The fourth-order valence-corrected chi connectivity index (χ4v) is 2.63. The number of amides is 1. The van der Waals surface area contributed by atoms with E-state index < -0.39 is 5.54 Å². The Morgan fingerprint density at radius 1 is 1.07 bits per heavy atom. The van der Waals surface area contributed by atoms with Gasteiger partial charge in [-0.15, -0.1) is 17.5 Å². The molecule has 3 aromatic rings. The molecule has 0 saturated heterocycles. The first-order valence-electron chi connectivity index (χ1n) is 8.52. The van der Waals surface area contributed by atoms with Crippen molar-refractivity contribution in [3.8, 4) is 16.8 Å². The van der Waals surface area contributed by atoms with Crippen molar-refractivity contribution in [2.75, 3.05) is 6.54 Å². The van der Waals surface area contributed by atoms with Gasteiger partial charge in [0.25, 0.3) is 5.91 Å². The summed E-state index contributed by atoms with van der Waals surface area (Å²) in [4.78, 5) is 12.4. The van der Waals surface area contributed by atoms with Crippen LogP contribution >= 0.6 is 12.4 Å². The standard InChI is InChI=1S/C20H23N5O.ClH/c1-14-18(19(26)22-20(2,3)13-21)23-24-25(14)17-11-9-16(10-12-17)15-7-5-4-6-8-15;/h4-12H,13,21H2,1-3H3,(H,22,26);1H. The predicted octanol–water partition coefficient (Wildman–Crippen LogP) is 3.13. The predicted molar refractivity (Wildman–Crippen MR) is 109 cm³/mol. The van der Waals surface area contributed by atoms with E-state index >= 15 is 0 Å². The van der Waals surface area contributed by atoms with Crippen LogP contribution in [-0.4, -0.2) is 33.0 Å². The van der Waals surface area contributed by atoms with Gasteiger partial charge in [-0.25, -0.2) is 4.68 Å². The van der Waals surface area contributed by atoms with Crippen molar-refractivity contribution in [3.05, 3.63) is 66.0 Å². The van der Waals surface area contributed by atoms with E-state index in [1.165, 1.54) is 0 Å². The molecule has 0 atom stereocenters. The van der Waals surface area contributed by atoms with Gasteiger partial charge in [-0.1, -0.05) is 47.7 Å². The third-order valence-electron chi connectivity index (χ3n) is 4.29. The number of hydrogen-bond acceptors (Lipinski definition) is 4. The number of nitrogens with one attached hydrogen (secondary N) is 1. The fraction of sp³-hybridized carbons (Fsp3) is 0.250. The summed E-state index contributed by atoms with van der Waals surface area (Å²) in [6.07, 6.45) is 0. The minimum absolute atomic E-state index is 0. The number of benzene rings is 2. The summed E-state index contributed by atoms with van der Waals surface area (Å²) in [6, 6.07) is 18.2. The Balaban J connectivity index is 0.00000261. The smallest absolute Gasteiger partial charge is 0.274 e. The minimum Gasteiger partial charge on any atom is -0.344 e. The molecule has 1 heterocycles. The van der Waals surface area contributed by atoms with Crippen molar-refractivity contribution in [1.82, 2.24) is 20.3 Å². The van der Waals surface area contributed by atoms with E-state index in [1.54, 1.807) is 4.68 Å². The Labute approximate surface area is 165 Å². The second-order valence-corrected chi connectivity index (χ2v) is 6.89. The van der Waals surface area contributed by atoms with Gasteiger partial charge in [0.05, 0.1) is 11.4 Å². The number of aromatic nitrogens is 3. The second kappa shape index (κ2) is 8.33. The van der Waals surface area contributed by atoms with E-state index in [0.29, 0.717) is 17.9 Å². The zero-order chi connectivity index (χ0) is 18.7. The number of rotatable bonds is 5. The molecule has 3 rings (SSSR count). The summed E-state index contributed by atoms with van der Waals surface area (Å²) in [5.74, 6) is -0.273. The van der Waals surface area contributed by atoms with E-state index in [1.807, 2.05) is 63.2 Å². The lowest BCUT2D eigenvalue weighted by Crippen LogP contribution is -2.49. The van der Waals surface area contributed by atoms with Crippen molar-refractivity contribution in [2.45, 2.75) is 26.3 Å². The van der Waals surface area contributed by atoms with Crippen LogP contribution in [0.25, 0.3) is 16.8 Å². The highest BCUT2D eigenvalue weighted by molar-refractivity contribution is 5.93. The van der Waals surface area contributed by atoms with Gasteiger partial charge in [-0.2, -0.15) is 0 Å². The van der Waals surface area contributed by atoms with E-state index in [2.05, 4.69) is 27.8 Å². The molecule has 7 heteroatoms. The van der Waals surface area contributed by atoms with Gasteiger partial charge < -0.3 is 11.1 Å². The average Bonchev–Trinajstić information content (AvgIpc) is 3.04. The molecular weight excluding hydrogens is 362 g/mol. The molecule has 0 aliphatic carbocycles. The van der Waals surface area contributed by atoms with Crippen LogP contribution in [0.4, 0.5) is 0 Å².